The normalized spacial score (nSPS) is 15.7. The second kappa shape index (κ2) is 9.54. The number of nitrogens with zero attached hydrogens (tertiary/aromatic N) is 5. The Morgan fingerprint density at radius 3 is 2.75 bits per heavy atom. The second-order valence-corrected chi connectivity index (χ2v) is 10.0. The number of aryl methyl sites for hydroxylation is 1. The second-order valence-electron chi connectivity index (χ2n) is 10.0. The molecule has 4 aromatic rings. The number of amides is 1. The van der Waals surface area contributed by atoms with Crippen LogP contribution in [0.2, 0.25) is 0 Å². The van der Waals surface area contributed by atoms with Gasteiger partial charge in [0.05, 0.1) is 17.9 Å². The summed E-state index contributed by atoms with van der Waals surface area (Å²) < 4.78 is 7.37. The number of pyridine rings is 1. The van der Waals surface area contributed by atoms with Crippen LogP contribution in [0.5, 0.6) is 0 Å². The lowest BCUT2D eigenvalue weighted by molar-refractivity contribution is 0.0896. The molecule has 186 valence electrons. The maximum atomic E-state index is 12.9. The van der Waals surface area contributed by atoms with Gasteiger partial charge in [-0.3, -0.25) is 9.48 Å². The Bertz CT molecular complexity index is 1380. The van der Waals surface area contributed by atoms with Crippen molar-refractivity contribution in [2.24, 2.45) is 7.05 Å². The van der Waals surface area contributed by atoms with Crippen LogP contribution in [0.3, 0.4) is 0 Å². The molecule has 10 nitrogen and oxygen atoms in total. The lowest BCUT2D eigenvalue weighted by atomic mass is 9.95. The number of fused-ring (bicyclic) bond motifs is 1. The van der Waals surface area contributed by atoms with Crippen LogP contribution in [0, 0.1) is 0 Å². The van der Waals surface area contributed by atoms with Crippen LogP contribution in [0.4, 0.5) is 11.5 Å². The average molecular weight is 487 g/mol. The summed E-state index contributed by atoms with van der Waals surface area (Å²) in [7, 11) is 1.87. The van der Waals surface area contributed by atoms with E-state index in [0.717, 1.165) is 53.3 Å². The Morgan fingerprint density at radius 2 is 2.00 bits per heavy atom. The van der Waals surface area contributed by atoms with E-state index in [0.29, 0.717) is 5.89 Å². The fraction of sp³-hybridized carbons (Fsp3) is 0.346. The molecule has 36 heavy (non-hydrogen) atoms. The van der Waals surface area contributed by atoms with E-state index in [-0.39, 0.29) is 23.3 Å². The van der Waals surface area contributed by atoms with E-state index < -0.39 is 0 Å². The molecular weight excluding hydrogens is 456 g/mol. The first kappa shape index (κ1) is 23.7. The minimum absolute atomic E-state index is 0.0132. The number of aromatic nitrogens is 5. The van der Waals surface area contributed by atoms with Crippen LogP contribution in [0.1, 0.15) is 60.9 Å². The van der Waals surface area contributed by atoms with Gasteiger partial charge < -0.3 is 20.4 Å². The zero-order valence-corrected chi connectivity index (χ0v) is 20.9. The molecule has 0 radical (unpaired) electrons. The summed E-state index contributed by atoms with van der Waals surface area (Å²) in [5, 5.41) is 22.0. The van der Waals surface area contributed by atoms with Crippen molar-refractivity contribution in [2.75, 3.05) is 11.9 Å². The predicted octanol–water partition coefficient (Wildman–Crippen LogP) is 3.87. The highest BCUT2D eigenvalue weighted by molar-refractivity contribution is 5.89. The first-order valence-electron chi connectivity index (χ1n) is 12.0. The van der Waals surface area contributed by atoms with Gasteiger partial charge >= 0.3 is 11.8 Å². The van der Waals surface area contributed by atoms with Crippen molar-refractivity contribution < 1.29 is 9.21 Å². The smallest absolute Gasteiger partial charge is 0.309 e. The van der Waals surface area contributed by atoms with Crippen molar-refractivity contribution in [1.82, 2.24) is 35.6 Å². The van der Waals surface area contributed by atoms with Gasteiger partial charge in [0.25, 0.3) is 0 Å². The number of carbonyl (C=O) groups excluding carboxylic acids is 1. The average Bonchev–Trinajstić information content (AvgIpc) is 3.46. The Labute approximate surface area is 209 Å². The van der Waals surface area contributed by atoms with E-state index >= 15 is 0 Å². The van der Waals surface area contributed by atoms with Gasteiger partial charge in [0.1, 0.15) is 5.82 Å². The number of hydrogen-bond acceptors (Lipinski definition) is 8. The van der Waals surface area contributed by atoms with Crippen LogP contribution >= 0.6 is 0 Å². The highest BCUT2D eigenvalue weighted by atomic mass is 16.4. The van der Waals surface area contributed by atoms with Gasteiger partial charge in [-0.1, -0.05) is 32.9 Å². The van der Waals surface area contributed by atoms with Crippen molar-refractivity contribution >= 4 is 17.4 Å². The molecule has 1 amide bonds. The Balaban J connectivity index is 1.36. The molecule has 0 saturated carbocycles. The fourth-order valence-electron chi connectivity index (χ4n) is 4.20. The molecule has 1 aliphatic rings. The molecule has 4 heterocycles. The molecule has 3 N–H and O–H groups in total. The minimum atomic E-state index is -0.361. The Kier molecular flexibility index (Phi) is 6.27. The highest BCUT2D eigenvalue weighted by Gasteiger charge is 2.27. The first-order valence-corrected chi connectivity index (χ1v) is 12.0. The third-order valence-corrected chi connectivity index (χ3v) is 6.08. The summed E-state index contributed by atoms with van der Waals surface area (Å²) in [5.74, 6) is 0.809. The molecular formula is C26H30N8O2. The van der Waals surface area contributed by atoms with Crippen LogP contribution in [-0.2, 0) is 19.0 Å². The number of anilines is 2. The molecule has 0 spiro atoms. The monoisotopic (exact) mass is 486 g/mol. The maximum absolute atomic E-state index is 12.9. The fourth-order valence-corrected chi connectivity index (χ4v) is 4.20. The SMILES string of the molecule is Cn1cc(Nc2cc(-c3ccc4c(c3)CNCC[C@H]4NC(=O)c3nnc(C(C)(C)C)o3)ccn2)cn1. The van der Waals surface area contributed by atoms with Crippen LogP contribution in [-0.4, -0.2) is 37.4 Å². The van der Waals surface area contributed by atoms with E-state index in [4.69, 9.17) is 4.42 Å². The van der Waals surface area contributed by atoms with E-state index in [1.54, 1.807) is 17.1 Å². The lowest BCUT2D eigenvalue weighted by Crippen LogP contribution is -2.30. The summed E-state index contributed by atoms with van der Waals surface area (Å²) in [6.45, 7) is 7.39. The van der Waals surface area contributed by atoms with Gasteiger partial charge in [-0.05, 0) is 53.4 Å². The van der Waals surface area contributed by atoms with Crippen molar-refractivity contribution in [3.63, 3.8) is 0 Å². The van der Waals surface area contributed by atoms with Crippen LogP contribution in [0.25, 0.3) is 11.1 Å². The summed E-state index contributed by atoms with van der Waals surface area (Å²) in [4.78, 5) is 17.3. The number of nitrogens with one attached hydrogen (secondary N) is 3. The van der Waals surface area contributed by atoms with Crippen molar-refractivity contribution in [3.05, 3.63) is 71.8 Å². The Hall–Kier alpha value is -4.05. The van der Waals surface area contributed by atoms with Crippen LogP contribution < -0.4 is 16.0 Å². The standard InChI is InChI=1S/C26H30N8O2/c1-26(2,3)25-33-32-24(36-25)23(35)31-21-8-9-27-13-18-11-16(5-6-20(18)21)17-7-10-28-22(12-17)30-19-14-29-34(4)15-19/h5-7,10-12,14-15,21,27H,8-9,13H2,1-4H3,(H,28,30)(H,31,35)/t21-/m1/s1. The third-order valence-electron chi connectivity index (χ3n) is 6.08. The molecule has 0 bridgehead atoms. The molecule has 1 atom stereocenters. The molecule has 1 aliphatic heterocycles. The van der Waals surface area contributed by atoms with Gasteiger partial charge in [-0.25, -0.2) is 4.98 Å². The van der Waals surface area contributed by atoms with Crippen molar-refractivity contribution in [1.29, 1.82) is 0 Å². The van der Waals surface area contributed by atoms with Crippen LogP contribution in [0.15, 0.2) is 53.3 Å². The van der Waals surface area contributed by atoms with Gasteiger partial charge in [0, 0.05) is 31.4 Å². The molecule has 0 aliphatic carbocycles. The van der Waals surface area contributed by atoms with Gasteiger partial charge in [-0.15, -0.1) is 10.2 Å². The topological polar surface area (TPSA) is 123 Å². The molecule has 3 aromatic heterocycles. The molecule has 10 heteroatoms. The van der Waals surface area contributed by atoms with Crippen molar-refractivity contribution in [3.8, 4) is 11.1 Å². The number of rotatable bonds is 5. The van der Waals surface area contributed by atoms with Gasteiger partial charge in [0.15, 0.2) is 0 Å². The maximum Gasteiger partial charge on any atom is 0.309 e. The molecule has 0 unspecified atom stereocenters. The third kappa shape index (κ3) is 5.13. The van der Waals surface area contributed by atoms with E-state index in [1.807, 2.05) is 46.1 Å². The zero-order valence-electron chi connectivity index (χ0n) is 20.9. The van der Waals surface area contributed by atoms with E-state index in [1.165, 1.54) is 0 Å². The molecule has 1 aromatic carbocycles. The van der Waals surface area contributed by atoms with E-state index in [9.17, 15) is 4.79 Å². The number of carbonyl (C=O) groups is 1. The highest BCUT2D eigenvalue weighted by Crippen LogP contribution is 2.30. The summed E-state index contributed by atoms with van der Waals surface area (Å²) in [6, 6.07) is 10.2. The lowest BCUT2D eigenvalue weighted by Gasteiger charge is -2.19. The summed E-state index contributed by atoms with van der Waals surface area (Å²) in [5.41, 5.74) is 4.89. The van der Waals surface area contributed by atoms with E-state index in [2.05, 4.69) is 54.4 Å². The summed E-state index contributed by atoms with van der Waals surface area (Å²) in [6.07, 6.45) is 6.20. The minimum Gasteiger partial charge on any atom is -0.416 e. The Morgan fingerprint density at radius 1 is 1.17 bits per heavy atom. The van der Waals surface area contributed by atoms with Gasteiger partial charge in [-0.2, -0.15) is 5.10 Å². The molecule has 0 fully saturated rings. The predicted molar refractivity (Wildman–Crippen MR) is 136 cm³/mol. The number of hydrogen-bond donors (Lipinski definition) is 3. The molecule has 5 rings (SSSR count). The van der Waals surface area contributed by atoms with Crippen molar-refractivity contribution in [2.45, 2.75) is 45.2 Å². The first-order chi connectivity index (χ1) is 17.3. The largest absolute Gasteiger partial charge is 0.416 e. The zero-order chi connectivity index (χ0) is 25.3. The molecule has 0 saturated heterocycles. The quantitative estimate of drug-likeness (QED) is 0.389. The summed E-state index contributed by atoms with van der Waals surface area (Å²) >= 11 is 0. The van der Waals surface area contributed by atoms with Gasteiger partial charge in [0.2, 0.25) is 5.89 Å². The number of benzene rings is 1.